The van der Waals surface area contributed by atoms with E-state index in [1.807, 2.05) is 6.20 Å². The molecule has 0 aliphatic heterocycles. The van der Waals surface area contributed by atoms with Gasteiger partial charge in [-0.25, -0.2) is 0 Å². The smallest absolute Gasteiger partial charge is 0.0708 e. The summed E-state index contributed by atoms with van der Waals surface area (Å²) in [5, 5.41) is 10.1. The van der Waals surface area contributed by atoms with Crippen LogP contribution in [0.15, 0.2) is 170 Å². The molecule has 8 aromatic carbocycles. The number of nitrogens with zero attached hydrogens (tertiary/aromatic N) is 1. The van der Waals surface area contributed by atoms with Gasteiger partial charge >= 0.3 is 0 Å². The highest BCUT2D eigenvalue weighted by atomic mass is 14.7. The first kappa shape index (κ1) is 27.3. The molecule has 0 radical (unpaired) electrons. The summed E-state index contributed by atoms with van der Waals surface area (Å²) in [6.45, 7) is 2.20. The van der Waals surface area contributed by atoms with Gasteiger partial charge in [-0.1, -0.05) is 152 Å². The molecule has 1 heteroatoms. The van der Waals surface area contributed by atoms with Gasteiger partial charge in [0.15, 0.2) is 0 Å². The Hall–Kier alpha value is -6.05. The van der Waals surface area contributed by atoms with E-state index in [2.05, 4.69) is 171 Å². The van der Waals surface area contributed by atoms with Crippen molar-refractivity contribution in [3.05, 3.63) is 176 Å². The van der Waals surface area contributed by atoms with Crippen LogP contribution in [0.5, 0.6) is 0 Å². The van der Waals surface area contributed by atoms with Crippen molar-refractivity contribution in [2.45, 2.75) is 6.92 Å². The Bertz CT molecular complexity index is 2570. The minimum absolute atomic E-state index is 0.984. The average Bonchev–Trinajstić information content (AvgIpc) is 3.14. The summed E-state index contributed by atoms with van der Waals surface area (Å²) in [5.41, 5.74) is 10.7. The van der Waals surface area contributed by atoms with Crippen molar-refractivity contribution in [1.82, 2.24) is 4.98 Å². The Morgan fingerprint density at radius 2 is 0.936 bits per heavy atom. The average molecular weight is 598 g/mol. The molecule has 1 heterocycles. The molecule has 0 atom stereocenters. The molecular formula is C46H31N. The standard InChI is InChI=1S/C46H31N/c1-30-24-26-43(37-18-5-4-16-35(30)37)46-41-21-8-6-19-39(41)45(40-20-7-9-22-42(40)46)33-15-10-14-32(28-33)34-25-27-44(47-29-34)38-23-11-13-31-12-2-3-17-36(31)38/h2-29H,1H3. The quantitative estimate of drug-likeness (QED) is 0.184. The van der Waals surface area contributed by atoms with Crippen LogP contribution in [0.4, 0.5) is 0 Å². The van der Waals surface area contributed by atoms with Crippen LogP contribution >= 0.6 is 0 Å². The molecule has 220 valence electrons. The maximum Gasteiger partial charge on any atom is 0.0708 e. The maximum absolute atomic E-state index is 4.95. The number of aryl methyl sites for hydroxylation is 1. The highest BCUT2D eigenvalue weighted by molar-refractivity contribution is 6.23. The van der Waals surface area contributed by atoms with E-state index in [1.54, 1.807) is 0 Å². The molecule has 47 heavy (non-hydrogen) atoms. The second kappa shape index (κ2) is 11.1. The Labute approximate surface area is 274 Å². The van der Waals surface area contributed by atoms with E-state index in [0.29, 0.717) is 0 Å². The molecule has 0 aliphatic rings. The van der Waals surface area contributed by atoms with Crippen LogP contribution in [0.25, 0.3) is 87.7 Å². The summed E-state index contributed by atoms with van der Waals surface area (Å²) in [6, 6.07) is 59.4. The summed E-state index contributed by atoms with van der Waals surface area (Å²) in [6.07, 6.45) is 2.01. The van der Waals surface area contributed by atoms with Crippen molar-refractivity contribution in [3.63, 3.8) is 0 Å². The first-order valence-electron chi connectivity index (χ1n) is 16.2. The summed E-state index contributed by atoms with van der Waals surface area (Å²) in [4.78, 5) is 4.95. The summed E-state index contributed by atoms with van der Waals surface area (Å²) in [5.74, 6) is 0. The van der Waals surface area contributed by atoms with Crippen molar-refractivity contribution in [3.8, 4) is 44.6 Å². The van der Waals surface area contributed by atoms with E-state index in [4.69, 9.17) is 4.98 Å². The first-order chi connectivity index (χ1) is 23.2. The Morgan fingerprint density at radius 1 is 0.362 bits per heavy atom. The van der Waals surface area contributed by atoms with Gasteiger partial charge in [0.25, 0.3) is 0 Å². The predicted octanol–water partition coefficient (Wildman–Crippen LogP) is 12.7. The lowest BCUT2D eigenvalue weighted by Gasteiger charge is -2.19. The van der Waals surface area contributed by atoms with Crippen molar-refractivity contribution < 1.29 is 0 Å². The second-order valence-corrected chi connectivity index (χ2v) is 12.4. The zero-order valence-corrected chi connectivity index (χ0v) is 26.1. The van der Waals surface area contributed by atoms with Crippen LogP contribution in [-0.2, 0) is 0 Å². The maximum atomic E-state index is 4.95. The Morgan fingerprint density at radius 3 is 1.64 bits per heavy atom. The Kier molecular flexibility index (Phi) is 6.43. The zero-order valence-electron chi connectivity index (χ0n) is 26.1. The normalized spacial score (nSPS) is 11.5. The molecule has 0 unspecified atom stereocenters. The Balaban J connectivity index is 1.22. The third kappa shape index (κ3) is 4.51. The van der Waals surface area contributed by atoms with Gasteiger partial charge in [0.1, 0.15) is 0 Å². The van der Waals surface area contributed by atoms with Crippen LogP contribution in [-0.4, -0.2) is 4.98 Å². The fourth-order valence-corrected chi connectivity index (χ4v) is 7.42. The van der Waals surface area contributed by atoms with E-state index in [-0.39, 0.29) is 0 Å². The summed E-state index contributed by atoms with van der Waals surface area (Å²) < 4.78 is 0. The number of aromatic nitrogens is 1. The van der Waals surface area contributed by atoms with E-state index >= 15 is 0 Å². The lowest BCUT2D eigenvalue weighted by Crippen LogP contribution is -1.92. The van der Waals surface area contributed by atoms with E-state index < -0.39 is 0 Å². The number of fused-ring (bicyclic) bond motifs is 4. The lowest BCUT2D eigenvalue weighted by atomic mass is 9.84. The van der Waals surface area contributed by atoms with Crippen molar-refractivity contribution in [2.75, 3.05) is 0 Å². The van der Waals surface area contributed by atoms with Crippen LogP contribution < -0.4 is 0 Å². The van der Waals surface area contributed by atoms with Gasteiger partial charge < -0.3 is 0 Å². The van der Waals surface area contributed by atoms with Gasteiger partial charge in [0, 0.05) is 17.3 Å². The molecule has 0 spiro atoms. The monoisotopic (exact) mass is 597 g/mol. The van der Waals surface area contributed by atoms with E-state index in [0.717, 1.165) is 22.4 Å². The van der Waals surface area contributed by atoms with Gasteiger partial charge in [0.05, 0.1) is 5.69 Å². The molecule has 0 bridgehead atoms. The molecule has 0 N–H and O–H groups in total. The molecule has 9 rings (SSSR count). The molecule has 0 saturated heterocycles. The molecule has 0 fully saturated rings. The van der Waals surface area contributed by atoms with Gasteiger partial charge in [-0.05, 0) is 95.5 Å². The number of hydrogen-bond acceptors (Lipinski definition) is 1. The number of rotatable bonds is 4. The SMILES string of the molecule is Cc1ccc(-c2c3ccccc3c(-c3cccc(-c4ccc(-c5cccc6ccccc56)nc4)c3)c3ccccc23)c2ccccc12. The fraction of sp³-hybridized carbons (Fsp3) is 0.0217. The van der Waals surface area contributed by atoms with E-state index in [9.17, 15) is 0 Å². The minimum Gasteiger partial charge on any atom is -0.256 e. The molecular weight excluding hydrogens is 567 g/mol. The van der Waals surface area contributed by atoms with Gasteiger partial charge in [-0.15, -0.1) is 0 Å². The molecule has 0 aliphatic carbocycles. The summed E-state index contributed by atoms with van der Waals surface area (Å²) >= 11 is 0. The highest BCUT2D eigenvalue weighted by Gasteiger charge is 2.18. The molecule has 1 aromatic heterocycles. The third-order valence-electron chi connectivity index (χ3n) is 9.66. The highest BCUT2D eigenvalue weighted by Crippen LogP contribution is 2.46. The molecule has 1 nitrogen and oxygen atoms in total. The van der Waals surface area contributed by atoms with Crippen LogP contribution in [0.3, 0.4) is 0 Å². The zero-order chi connectivity index (χ0) is 31.3. The van der Waals surface area contributed by atoms with E-state index in [1.165, 1.54) is 70.9 Å². The van der Waals surface area contributed by atoms with Crippen molar-refractivity contribution >= 4 is 43.1 Å². The number of pyridine rings is 1. The van der Waals surface area contributed by atoms with Gasteiger partial charge in [0.2, 0.25) is 0 Å². The minimum atomic E-state index is 0.984. The molecule has 9 aromatic rings. The second-order valence-electron chi connectivity index (χ2n) is 12.4. The van der Waals surface area contributed by atoms with Gasteiger partial charge in [-0.2, -0.15) is 0 Å². The number of hydrogen-bond donors (Lipinski definition) is 0. The van der Waals surface area contributed by atoms with Crippen LogP contribution in [0.1, 0.15) is 5.56 Å². The lowest BCUT2D eigenvalue weighted by molar-refractivity contribution is 1.33. The first-order valence-corrected chi connectivity index (χ1v) is 16.2. The molecule has 0 amide bonds. The largest absolute Gasteiger partial charge is 0.256 e. The van der Waals surface area contributed by atoms with Crippen molar-refractivity contribution in [2.24, 2.45) is 0 Å². The van der Waals surface area contributed by atoms with Crippen LogP contribution in [0, 0.1) is 6.92 Å². The number of benzene rings is 8. The predicted molar refractivity (Wildman–Crippen MR) is 201 cm³/mol. The topological polar surface area (TPSA) is 12.9 Å². The van der Waals surface area contributed by atoms with Crippen molar-refractivity contribution in [1.29, 1.82) is 0 Å². The summed E-state index contributed by atoms with van der Waals surface area (Å²) in [7, 11) is 0. The van der Waals surface area contributed by atoms with Gasteiger partial charge in [-0.3, -0.25) is 4.98 Å². The fourth-order valence-electron chi connectivity index (χ4n) is 7.42. The third-order valence-corrected chi connectivity index (χ3v) is 9.66. The molecule has 0 saturated carbocycles. The van der Waals surface area contributed by atoms with Crippen LogP contribution in [0.2, 0.25) is 0 Å².